The number of halogens is 7. The zero-order chi connectivity index (χ0) is 16.3. The maximum atomic E-state index is 12.4. The van der Waals surface area contributed by atoms with E-state index < -0.39 is 29.6 Å². The molecule has 0 aromatic carbocycles. The first-order valence-electron chi connectivity index (χ1n) is 6.49. The molecule has 1 aliphatic rings. The number of amides is 1. The summed E-state index contributed by atoms with van der Waals surface area (Å²) < 4.78 is 74.5. The minimum absolute atomic E-state index is 0.181. The van der Waals surface area contributed by atoms with Crippen molar-refractivity contribution in [2.45, 2.75) is 44.5 Å². The van der Waals surface area contributed by atoms with E-state index in [4.69, 9.17) is 0 Å². The predicted molar refractivity (Wildman–Crippen MR) is 67.9 cm³/mol. The molecule has 0 spiro atoms. The highest BCUT2D eigenvalue weighted by Gasteiger charge is 2.61. The number of alkyl halides is 7. The molecule has 0 unspecified atom stereocenters. The first kappa shape index (κ1) is 18.6. The average Bonchev–Trinajstić information content (AvgIpc) is 2.34. The van der Waals surface area contributed by atoms with Gasteiger partial charge in [-0.3, -0.25) is 4.79 Å². The highest BCUT2D eigenvalue weighted by atomic mass is 79.9. The van der Waals surface area contributed by atoms with Crippen LogP contribution >= 0.6 is 15.9 Å². The molecule has 0 atom stereocenters. The Morgan fingerprint density at radius 1 is 1.05 bits per heavy atom. The third-order valence-electron chi connectivity index (χ3n) is 3.75. The van der Waals surface area contributed by atoms with Crippen molar-refractivity contribution in [2.75, 3.05) is 11.9 Å². The minimum atomic E-state index is -5.64. The summed E-state index contributed by atoms with van der Waals surface area (Å²) in [6, 6.07) is 0. The van der Waals surface area contributed by atoms with E-state index in [1.165, 1.54) is 0 Å². The van der Waals surface area contributed by atoms with Gasteiger partial charge in [0.15, 0.2) is 0 Å². The molecule has 0 aliphatic heterocycles. The van der Waals surface area contributed by atoms with E-state index >= 15 is 0 Å². The van der Waals surface area contributed by atoms with Crippen molar-refractivity contribution < 1.29 is 31.1 Å². The SMILES string of the molecule is O=C(NCC1(CBr)CCCCC1)C(C(F)(F)F)C(F)(F)F. The van der Waals surface area contributed by atoms with Crippen LogP contribution in [-0.2, 0) is 4.79 Å². The largest absolute Gasteiger partial charge is 0.409 e. The quantitative estimate of drug-likeness (QED) is 0.572. The van der Waals surface area contributed by atoms with Crippen molar-refractivity contribution in [2.24, 2.45) is 11.3 Å². The lowest BCUT2D eigenvalue weighted by Crippen LogP contribution is -2.50. The Hall–Kier alpha value is -0.470. The van der Waals surface area contributed by atoms with Crippen LogP contribution in [0.2, 0.25) is 0 Å². The minimum Gasteiger partial charge on any atom is -0.355 e. The molecule has 21 heavy (non-hydrogen) atoms. The van der Waals surface area contributed by atoms with Crippen LogP contribution < -0.4 is 5.32 Å². The molecule has 0 bridgehead atoms. The highest BCUT2D eigenvalue weighted by molar-refractivity contribution is 9.09. The van der Waals surface area contributed by atoms with Crippen LogP contribution in [0.3, 0.4) is 0 Å². The van der Waals surface area contributed by atoms with Crippen molar-refractivity contribution >= 4 is 21.8 Å². The number of carbonyl (C=O) groups excluding carboxylic acids is 1. The number of nitrogens with one attached hydrogen (secondary N) is 1. The van der Waals surface area contributed by atoms with Gasteiger partial charge in [-0.1, -0.05) is 35.2 Å². The molecule has 1 N–H and O–H groups in total. The fourth-order valence-electron chi connectivity index (χ4n) is 2.52. The first-order valence-corrected chi connectivity index (χ1v) is 7.61. The maximum Gasteiger partial charge on any atom is 0.409 e. The fourth-order valence-corrected chi connectivity index (χ4v) is 3.28. The van der Waals surface area contributed by atoms with E-state index in [-0.39, 0.29) is 6.54 Å². The number of hydrogen-bond donors (Lipinski definition) is 1. The molecule has 1 aliphatic carbocycles. The Bertz CT molecular complexity index is 348. The summed E-state index contributed by atoms with van der Waals surface area (Å²) in [7, 11) is 0. The monoisotopic (exact) mass is 383 g/mol. The van der Waals surface area contributed by atoms with E-state index in [9.17, 15) is 31.1 Å². The molecule has 1 fully saturated rings. The summed E-state index contributed by atoms with van der Waals surface area (Å²) >= 11 is 3.24. The second-order valence-corrected chi connectivity index (χ2v) is 5.99. The van der Waals surface area contributed by atoms with Crippen molar-refractivity contribution in [3.8, 4) is 0 Å². The first-order chi connectivity index (χ1) is 9.52. The number of carbonyl (C=O) groups is 1. The molecule has 0 heterocycles. The molecule has 0 radical (unpaired) electrons. The van der Waals surface area contributed by atoms with Gasteiger partial charge in [-0.2, -0.15) is 26.3 Å². The topological polar surface area (TPSA) is 29.1 Å². The fraction of sp³-hybridized carbons (Fsp3) is 0.917. The van der Waals surface area contributed by atoms with Gasteiger partial charge in [-0.05, 0) is 18.3 Å². The van der Waals surface area contributed by atoms with Crippen LogP contribution in [0.4, 0.5) is 26.3 Å². The van der Waals surface area contributed by atoms with Gasteiger partial charge < -0.3 is 5.32 Å². The zero-order valence-electron chi connectivity index (χ0n) is 11.1. The molecule has 9 heteroatoms. The molecule has 1 rings (SSSR count). The van der Waals surface area contributed by atoms with Crippen molar-refractivity contribution in [1.82, 2.24) is 5.32 Å². The van der Waals surface area contributed by atoms with Crippen LogP contribution in [0.25, 0.3) is 0 Å². The molecule has 2 nitrogen and oxygen atoms in total. The van der Waals surface area contributed by atoms with Crippen molar-refractivity contribution in [3.63, 3.8) is 0 Å². The van der Waals surface area contributed by atoms with E-state index in [0.29, 0.717) is 18.2 Å². The van der Waals surface area contributed by atoms with Crippen molar-refractivity contribution in [3.05, 3.63) is 0 Å². The summed E-state index contributed by atoms with van der Waals surface area (Å²) in [6.07, 6.45) is -7.27. The van der Waals surface area contributed by atoms with Gasteiger partial charge >= 0.3 is 12.4 Å². The lowest BCUT2D eigenvalue weighted by atomic mass is 9.75. The Morgan fingerprint density at radius 3 is 1.90 bits per heavy atom. The van der Waals surface area contributed by atoms with E-state index in [1.54, 1.807) is 0 Å². The molecule has 1 saturated carbocycles. The molecule has 1 amide bonds. The van der Waals surface area contributed by atoms with Gasteiger partial charge in [0, 0.05) is 11.9 Å². The van der Waals surface area contributed by atoms with Crippen LogP contribution in [0.5, 0.6) is 0 Å². The molecule has 124 valence electrons. The number of hydrogen-bond acceptors (Lipinski definition) is 1. The van der Waals surface area contributed by atoms with Gasteiger partial charge in [0.2, 0.25) is 11.8 Å². The molecular weight excluding hydrogens is 368 g/mol. The summed E-state index contributed by atoms with van der Waals surface area (Å²) in [5.41, 5.74) is -0.463. The van der Waals surface area contributed by atoms with Gasteiger partial charge in [-0.15, -0.1) is 0 Å². The molecular formula is C12H16BrF6NO. The normalized spacial score (nSPS) is 19.6. The van der Waals surface area contributed by atoms with Gasteiger partial charge in [0.05, 0.1) is 0 Å². The van der Waals surface area contributed by atoms with E-state index in [0.717, 1.165) is 19.3 Å². The van der Waals surface area contributed by atoms with Gasteiger partial charge in [-0.25, -0.2) is 0 Å². The summed E-state index contributed by atoms with van der Waals surface area (Å²) in [5, 5.41) is 2.28. The summed E-state index contributed by atoms with van der Waals surface area (Å²) in [5.74, 6) is -6.00. The van der Waals surface area contributed by atoms with E-state index in [1.807, 2.05) is 5.32 Å². The van der Waals surface area contributed by atoms with E-state index in [2.05, 4.69) is 15.9 Å². The van der Waals surface area contributed by atoms with Crippen LogP contribution in [-0.4, -0.2) is 30.1 Å². The van der Waals surface area contributed by atoms with Gasteiger partial charge in [0.1, 0.15) is 0 Å². The molecule has 0 aromatic rings. The Labute approximate surface area is 126 Å². The highest BCUT2D eigenvalue weighted by Crippen LogP contribution is 2.40. The lowest BCUT2D eigenvalue weighted by molar-refractivity contribution is -0.274. The van der Waals surface area contributed by atoms with Gasteiger partial charge in [0.25, 0.3) is 0 Å². The second kappa shape index (κ2) is 6.75. The smallest absolute Gasteiger partial charge is 0.355 e. The van der Waals surface area contributed by atoms with Crippen LogP contribution in [0.15, 0.2) is 0 Å². The summed E-state index contributed by atoms with van der Waals surface area (Å²) in [6.45, 7) is -0.181. The van der Waals surface area contributed by atoms with Crippen LogP contribution in [0.1, 0.15) is 32.1 Å². The second-order valence-electron chi connectivity index (χ2n) is 5.43. The molecule has 0 aromatic heterocycles. The van der Waals surface area contributed by atoms with Crippen LogP contribution in [0, 0.1) is 11.3 Å². The Kier molecular flexibility index (Phi) is 5.97. The Morgan fingerprint density at radius 2 is 1.52 bits per heavy atom. The Balaban J connectivity index is 2.74. The summed E-state index contributed by atoms with van der Waals surface area (Å²) in [4.78, 5) is 11.4. The standard InChI is InChI=1S/C12H16BrF6NO/c13-6-10(4-2-1-3-5-10)7-20-9(21)8(11(14,15)16)12(17,18)19/h8H,1-7H2,(H,20,21). The third kappa shape index (κ3) is 5.03. The zero-order valence-corrected chi connectivity index (χ0v) is 12.7. The molecule has 0 saturated heterocycles. The van der Waals surface area contributed by atoms with Crippen molar-refractivity contribution in [1.29, 1.82) is 0 Å². The average molecular weight is 384 g/mol. The predicted octanol–water partition coefficient (Wildman–Crippen LogP) is 4.19. The third-order valence-corrected chi connectivity index (χ3v) is 4.94. The maximum absolute atomic E-state index is 12.4. The lowest BCUT2D eigenvalue weighted by Gasteiger charge is -2.36. The number of rotatable bonds is 4.